The predicted octanol–water partition coefficient (Wildman–Crippen LogP) is 4.81. The minimum Gasteiger partial charge on any atom is -0.303 e. The molecule has 0 aromatic heterocycles. The summed E-state index contributed by atoms with van der Waals surface area (Å²) < 4.78 is 28.3. The van der Waals surface area contributed by atoms with E-state index < -0.39 is 10.0 Å². The number of benzene rings is 3. The van der Waals surface area contributed by atoms with Gasteiger partial charge in [0.2, 0.25) is 0 Å². The van der Waals surface area contributed by atoms with Gasteiger partial charge < -0.3 is 5.32 Å². The van der Waals surface area contributed by atoms with Crippen LogP contribution >= 0.6 is 0 Å². The molecule has 3 aromatic rings. The van der Waals surface area contributed by atoms with E-state index in [2.05, 4.69) is 16.6 Å². The molecule has 0 heterocycles. The Balaban J connectivity index is 1.83. The van der Waals surface area contributed by atoms with Crippen LogP contribution < -0.4 is 10.0 Å². The van der Waals surface area contributed by atoms with Crippen LogP contribution in [0.1, 0.15) is 22.7 Å². The van der Waals surface area contributed by atoms with Crippen LogP contribution in [0.5, 0.6) is 0 Å². The van der Waals surface area contributed by atoms with Crippen molar-refractivity contribution in [2.45, 2.75) is 24.4 Å². The SMILES string of the molecule is C=CC(NCc1ccccc1)c1ccccc1NS(=O)(=O)c1ccc(C)cc1. The molecule has 28 heavy (non-hydrogen) atoms. The Morgan fingerprint density at radius 3 is 2.25 bits per heavy atom. The topological polar surface area (TPSA) is 58.2 Å². The number of hydrogen-bond donors (Lipinski definition) is 2. The molecule has 0 aliphatic rings. The molecule has 1 atom stereocenters. The van der Waals surface area contributed by atoms with Gasteiger partial charge in [0, 0.05) is 6.54 Å². The summed E-state index contributed by atoms with van der Waals surface area (Å²) in [5, 5.41) is 3.42. The highest BCUT2D eigenvalue weighted by atomic mass is 32.2. The third-order valence-electron chi connectivity index (χ3n) is 4.48. The third kappa shape index (κ3) is 4.88. The van der Waals surface area contributed by atoms with Crippen LogP contribution in [0.3, 0.4) is 0 Å². The zero-order valence-electron chi connectivity index (χ0n) is 15.8. The Hall–Kier alpha value is -2.89. The number of hydrogen-bond acceptors (Lipinski definition) is 3. The molecule has 0 aliphatic carbocycles. The lowest BCUT2D eigenvalue weighted by Crippen LogP contribution is -2.21. The third-order valence-corrected chi connectivity index (χ3v) is 5.86. The number of nitrogens with one attached hydrogen (secondary N) is 2. The summed E-state index contributed by atoms with van der Waals surface area (Å²) >= 11 is 0. The lowest BCUT2D eigenvalue weighted by Gasteiger charge is -2.20. The Morgan fingerprint density at radius 1 is 0.929 bits per heavy atom. The summed E-state index contributed by atoms with van der Waals surface area (Å²) in [6, 6.07) is 24.0. The Morgan fingerprint density at radius 2 is 1.57 bits per heavy atom. The summed E-state index contributed by atoms with van der Waals surface area (Å²) in [7, 11) is -3.67. The molecule has 3 aromatic carbocycles. The highest BCUT2D eigenvalue weighted by Gasteiger charge is 2.18. The first kappa shape index (κ1) is 19.9. The van der Waals surface area contributed by atoms with E-state index >= 15 is 0 Å². The molecule has 0 spiro atoms. The normalized spacial score (nSPS) is 12.3. The zero-order valence-corrected chi connectivity index (χ0v) is 16.6. The molecular formula is C23H24N2O2S. The van der Waals surface area contributed by atoms with Crippen LogP contribution in [0, 0.1) is 6.92 Å². The molecule has 1 unspecified atom stereocenters. The summed E-state index contributed by atoms with van der Waals surface area (Å²) in [4.78, 5) is 0.236. The van der Waals surface area contributed by atoms with Gasteiger partial charge in [-0.25, -0.2) is 8.42 Å². The Labute approximate surface area is 167 Å². The van der Waals surface area contributed by atoms with Gasteiger partial charge in [0.15, 0.2) is 0 Å². The highest BCUT2D eigenvalue weighted by molar-refractivity contribution is 7.92. The number of sulfonamides is 1. The van der Waals surface area contributed by atoms with Crippen molar-refractivity contribution >= 4 is 15.7 Å². The van der Waals surface area contributed by atoms with Crippen LogP contribution in [0.4, 0.5) is 5.69 Å². The van der Waals surface area contributed by atoms with Gasteiger partial charge in [-0.05, 0) is 36.2 Å². The smallest absolute Gasteiger partial charge is 0.261 e. The first-order valence-electron chi connectivity index (χ1n) is 9.08. The summed E-state index contributed by atoms with van der Waals surface area (Å²) in [5.41, 5.74) is 3.51. The average molecular weight is 393 g/mol. The van der Waals surface area contributed by atoms with Crippen molar-refractivity contribution in [3.63, 3.8) is 0 Å². The maximum absolute atomic E-state index is 12.8. The molecule has 4 nitrogen and oxygen atoms in total. The number of anilines is 1. The lowest BCUT2D eigenvalue weighted by molar-refractivity contribution is 0.600. The summed E-state index contributed by atoms with van der Waals surface area (Å²) in [5.74, 6) is 0. The molecule has 0 amide bonds. The van der Waals surface area contributed by atoms with Gasteiger partial charge in [-0.1, -0.05) is 72.3 Å². The van der Waals surface area contributed by atoms with Gasteiger partial charge in [0.25, 0.3) is 10.0 Å². The van der Waals surface area contributed by atoms with Gasteiger partial charge in [0.05, 0.1) is 16.6 Å². The van der Waals surface area contributed by atoms with Crippen LogP contribution in [0.15, 0.2) is 96.4 Å². The second kappa shape index (κ2) is 8.87. The fourth-order valence-corrected chi connectivity index (χ4v) is 4.01. The molecular weight excluding hydrogens is 368 g/mol. The van der Waals surface area contributed by atoms with Crippen LogP contribution in [0.2, 0.25) is 0 Å². The monoisotopic (exact) mass is 392 g/mol. The number of aryl methyl sites for hydroxylation is 1. The van der Waals surface area contributed by atoms with Crippen LogP contribution in [0.25, 0.3) is 0 Å². The van der Waals surface area contributed by atoms with Crippen molar-refractivity contribution in [3.05, 3.63) is 108 Å². The van der Waals surface area contributed by atoms with Gasteiger partial charge in [-0.2, -0.15) is 0 Å². The molecule has 0 bridgehead atoms. The standard InChI is InChI=1S/C23H24N2O2S/c1-3-22(24-17-19-9-5-4-6-10-19)21-11-7-8-12-23(21)25-28(26,27)20-15-13-18(2)14-16-20/h3-16,22,24-25H,1,17H2,2H3. The second-order valence-electron chi connectivity index (χ2n) is 6.59. The fourth-order valence-electron chi connectivity index (χ4n) is 2.93. The quantitative estimate of drug-likeness (QED) is 0.541. The van der Waals surface area contributed by atoms with Crippen molar-refractivity contribution in [3.8, 4) is 0 Å². The van der Waals surface area contributed by atoms with E-state index in [1.54, 1.807) is 36.4 Å². The fraction of sp³-hybridized carbons (Fsp3) is 0.130. The van der Waals surface area contributed by atoms with Gasteiger partial charge >= 0.3 is 0 Å². The summed E-state index contributed by atoms with van der Waals surface area (Å²) in [6.07, 6.45) is 1.78. The predicted molar refractivity (Wildman–Crippen MR) is 115 cm³/mol. The molecule has 0 aliphatic heterocycles. The first-order valence-corrected chi connectivity index (χ1v) is 10.6. The molecule has 3 rings (SSSR count). The minimum absolute atomic E-state index is 0.197. The number of para-hydroxylation sites is 1. The van der Waals surface area contributed by atoms with E-state index in [1.807, 2.05) is 55.5 Å². The molecule has 5 heteroatoms. The first-order chi connectivity index (χ1) is 13.5. The highest BCUT2D eigenvalue weighted by Crippen LogP contribution is 2.26. The van der Waals surface area contributed by atoms with Crippen molar-refractivity contribution in [2.24, 2.45) is 0 Å². The largest absolute Gasteiger partial charge is 0.303 e. The molecule has 0 saturated carbocycles. The van der Waals surface area contributed by atoms with E-state index in [0.29, 0.717) is 12.2 Å². The van der Waals surface area contributed by atoms with Gasteiger partial charge in [-0.15, -0.1) is 6.58 Å². The number of rotatable bonds is 8. The van der Waals surface area contributed by atoms with Gasteiger partial charge in [0.1, 0.15) is 0 Å². The van der Waals surface area contributed by atoms with E-state index in [4.69, 9.17) is 0 Å². The maximum atomic E-state index is 12.8. The molecule has 0 radical (unpaired) electrons. The van der Waals surface area contributed by atoms with E-state index in [0.717, 1.165) is 16.7 Å². The molecule has 144 valence electrons. The van der Waals surface area contributed by atoms with E-state index in [-0.39, 0.29) is 10.9 Å². The van der Waals surface area contributed by atoms with Crippen LogP contribution in [-0.2, 0) is 16.6 Å². The van der Waals surface area contributed by atoms with Crippen molar-refractivity contribution in [1.29, 1.82) is 0 Å². The van der Waals surface area contributed by atoms with E-state index in [1.165, 1.54) is 0 Å². The van der Waals surface area contributed by atoms with Crippen molar-refractivity contribution < 1.29 is 8.42 Å². The lowest BCUT2D eigenvalue weighted by atomic mass is 10.0. The zero-order chi connectivity index (χ0) is 20.0. The Kier molecular flexibility index (Phi) is 6.29. The minimum atomic E-state index is -3.67. The molecule has 2 N–H and O–H groups in total. The Bertz CT molecular complexity index is 1030. The van der Waals surface area contributed by atoms with Crippen molar-refractivity contribution in [2.75, 3.05) is 4.72 Å². The molecule has 0 saturated heterocycles. The van der Waals surface area contributed by atoms with Gasteiger partial charge in [-0.3, -0.25) is 4.72 Å². The van der Waals surface area contributed by atoms with Crippen molar-refractivity contribution in [1.82, 2.24) is 5.32 Å². The summed E-state index contributed by atoms with van der Waals surface area (Å²) in [6.45, 7) is 6.49. The second-order valence-corrected chi connectivity index (χ2v) is 8.27. The maximum Gasteiger partial charge on any atom is 0.261 e. The van der Waals surface area contributed by atoms with Crippen LogP contribution in [-0.4, -0.2) is 8.42 Å². The molecule has 0 fully saturated rings. The average Bonchev–Trinajstić information content (AvgIpc) is 2.70. The van der Waals surface area contributed by atoms with E-state index in [9.17, 15) is 8.42 Å².